The van der Waals surface area contributed by atoms with E-state index in [1.54, 1.807) is 6.92 Å². The van der Waals surface area contributed by atoms with Crippen LogP contribution in [0.1, 0.15) is 25.3 Å². The van der Waals surface area contributed by atoms with Crippen molar-refractivity contribution in [3.05, 3.63) is 29.8 Å². The largest absolute Gasteiger partial charge is 1.00 e. The van der Waals surface area contributed by atoms with E-state index in [1.807, 2.05) is 0 Å². The van der Waals surface area contributed by atoms with Gasteiger partial charge in [-0.2, -0.15) is 0 Å². The number of rotatable bonds is 6. The zero-order valence-electron chi connectivity index (χ0n) is 11.2. The number of halogens is 3. The Balaban J connectivity index is 0.00000324. The van der Waals surface area contributed by atoms with E-state index in [9.17, 15) is 17.7 Å². The van der Waals surface area contributed by atoms with Crippen LogP contribution in [0.3, 0.4) is 0 Å². The Morgan fingerprint density at radius 3 is 2.26 bits per heavy atom. The number of hydrogen-bond donors (Lipinski definition) is 0. The van der Waals surface area contributed by atoms with E-state index in [1.165, 1.54) is 12.1 Å². The topological polar surface area (TPSA) is 26.3 Å². The van der Waals surface area contributed by atoms with Crippen LogP contribution in [0.2, 0.25) is 0 Å². The minimum atomic E-state index is -4.93. The Labute approximate surface area is 153 Å². The Morgan fingerprint density at radius 1 is 1.21 bits per heavy atom. The normalized spacial score (nSPS) is 10.7. The van der Waals surface area contributed by atoms with Gasteiger partial charge in [-0.05, 0) is 25.3 Å². The van der Waals surface area contributed by atoms with Gasteiger partial charge < -0.3 is 17.7 Å². The van der Waals surface area contributed by atoms with Crippen LogP contribution in [-0.2, 0) is 16.0 Å². The van der Waals surface area contributed by atoms with Gasteiger partial charge in [0.2, 0.25) is 0 Å². The molecule has 0 heterocycles. The zero-order chi connectivity index (χ0) is 13.6. The second kappa shape index (κ2) is 9.18. The van der Waals surface area contributed by atoms with Crippen molar-refractivity contribution in [2.45, 2.75) is 26.2 Å². The predicted octanol–water partition coefficient (Wildman–Crippen LogP) is -0.369. The quantitative estimate of drug-likeness (QED) is 0.529. The Bertz CT molecular complexity index is 393. The first-order valence-corrected chi connectivity index (χ1v) is 5.88. The molecule has 0 amide bonds. The molecule has 19 heavy (non-hydrogen) atoms. The zero-order valence-corrected chi connectivity index (χ0v) is 14.3. The van der Waals surface area contributed by atoms with Crippen LogP contribution in [0.25, 0.3) is 0 Å². The number of carbonyl (C=O) groups is 1. The molecular weight excluding hydrogens is 283 g/mol. The maximum Gasteiger partial charge on any atom is 1.00 e. The van der Waals surface area contributed by atoms with E-state index in [4.69, 9.17) is 4.74 Å². The summed E-state index contributed by atoms with van der Waals surface area (Å²) in [5.74, 6) is -0.271. The maximum atomic E-state index is 12.4. The monoisotopic (exact) mass is 298 g/mol. The van der Waals surface area contributed by atoms with Crippen molar-refractivity contribution in [2.75, 3.05) is 6.61 Å². The smallest absolute Gasteiger partial charge is 0.466 e. The van der Waals surface area contributed by atoms with Gasteiger partial charge in [0.05, 0.1) is 6.61 Å². The van der Waals surface area contributed by atoms with E-state index in [2.05, 4.69) is 0 Å². The van der Waals surface area contributed by atoms with Crippen LogP contribution in [0.5, 0.6) is 0 Å². The summed E-state index contributed by atoms with van der Waals surface area (Å²) in [6.07, 6.45) is 1.44. The molecule has 1 aromatic rings. The van der Waals surface area contributed by atoms with Gasteiger partial charge in [0.25, 0.3) is 0 Å². The third-order valence-corrected chi connectivity index (χ3v) is 2.51. The standard InChI is InChI=1S/C12H15BF3O2.K/c1-2-18-12(17)5-3-4-10-6-8-11(9-7-10)13(14,15)16;/h6-9H,2-5H2,1H3;/q-1;+1. The second-order valence-electron chi connectivity index (χ2n) is 3.97. The predicted molar refractivity (Wildman–Crippen MR) is 64.7 cm³/mol. The Morgan fingerprint density at radius 2 is 1.79 bits per heavy atom. The number of esters is 1. The Hall–Kier alpha value is 0.181. The molecule has 0 aliphatic rings. The molecule has 0 aliphatic heterocycles. The van der Waals surface area contributed by atoms with Crippen molar-refractivity contribution < 1.29 is 73.9 Å². The van der Waals surface area contributed by atoms with Crippen molar-refractivity contribution in [2.24, 2.45) is 0 Å². The molecule has 0 fully saturated rings. The minimum absolute atomic E-state index is 0. The summed E-state index contributed by atoms with van der Waals surface area (Å²) < 4.78 is 41.8. The van der Waals surface area contributed by atoms with Crippen LogP contribution in [0.4, 0.5) is 12.9 Å². The van der Waals surface area contributed by atoms with Crippen LogP contribution in [-0.4, -0.2) is 19.6 Å². The fourth-order valence-corrected chi connectivity index (χ4v) is 1.57. The summed E-state index contributed by atoms with van der Waals surface area (Å²) in [5, 5.41) is 0. The van der Waals surface area contributed by atoms with Crippen molar-refractivity contribution >= 4 is 18.4 Å². The first-order valence-electron chi connectivity index (χ1n) is 5.88. The third kappa shape index (κ3) is 7.51. The molecule has 0 aliphatic carbocycles. The molecule has 0 spiro atoms. The fraction of sp³-hybridized carbons (Fsp3) is 0.417. The summed E-state index contributed by atoms with van der Waals surface area (Å²) in [4.78, 5) is 11.1. The van der Waals surface area contributed by atoms with E-state index in [-0.39, 0.29) is 57.4 Å². The SMILES string of the molecule is CCOC(=O)CCCc1ccc([B-](F)(F)F)cc1.[K+]. The molecule has 0 bridgehead atoms. The number of ether oxygens (including phenoxy) is 1. The molecule has 7 heteroatoms. The molecule has 1 rings (SSSR count). The summed E-state index contributed by atoms with van der Waals surface area (Å²) in [7, 11) is 0. The molecule has 0 aromatic heterocycles. The first-order chi connectivity index (χ1) is 8.43. The number of carbonyl (C=O) groups excluding carboxylic acids is 1. The average molecular weight is 298 g/mol. The minimum Gasteiger partial charge on any atom is -0.466 e. The molecule has 0 saturated heterocycles. The van der Waals surface area contributed by atoms with E-state index in [0.717, 1.165) is 17.7 Å². The number of hydrogen-bond acceptors (Lipinski definition) is 2. The van der Waals surface area contributed by atoms with Crippen molar-refractivity contribution in [3.8, 4) is 0 Å². The molecule has 2 nitrogen and oxygen atoms in total. The van der Waals surface area contributed by atoms with E-state index < -0.39 is 12.4 Å². The van der Waals surface area contributed by atoms with Crippen molar-refractivity contribution in [1.29, 1.82) is 0 Å². The summed E-state index contributed by atoms with van der Waals surface area (Å²) in [5.41, 5.74) is 0.201. The number of benzene rings is 1. The van der Waals surface area contributed by atoms with Gasteiger partial charge in [-0.25, -0.2) is 0 Å². The van der Waals surface area contributed by atoms with Gasteiger partial charge in [-0.1, -0.05) is 24.3 Å². The molecule has 0 N–H and O–H groups in total. The third-order valence-electron chi connectivity index (χ3n) is 2.51. The second-order valence-corrected chi connectivity index (χ2v) is 3.97. The maximum absolute atomic E-state index is 12.4. The first kappa shape index (κ1) is 19.2. The average Bonchev–Trinajstić information content (AvgIpc) is 2.29. The molecular formula is C12H15BF3KO2. The molecule has 0 atom stereocenters. The molecule has 0 saturated carbocycles. The van der Waals surface area contributed by atoms with Crippen LogP contribution in [0, 0.1) is 0 Å². The van der Waals surface area contributed by atoms with Crippen LogP contribution >= 0.6 is 0 Å². The summed E-state index contributed by atoms with van der Waals surface area (Å²) >= 11 is 0. The van der Waals surface area contributed by atoms with Crippen LogP contribution in [0.15, 0.2) is 24.3 Å². The number of aryl methyl sites for hydroxylation is 1. The van der Waals surface area contributed by atoms with Gasteiger partial charge in [-0.3, -0.25) is 4.79 Å². The fourth-order valence-electron chi connectivity index (χ4n) is 1.57. The summed E-state index contributed by atoms with van der Waals surface area (Å²) in [6.45, 7) is -2.85. The van der Waals surface area contributed by atoms with E-state index >= 15 is 0 Å². The van der Waals surface area contributed by atoms with Gasteiger partial charge in [-0.15, -0.1) is 5.46 Å². The molecule has 0 unspecified atom stereocenters. The van der Waals surface area contributed by atoms with Crippen molar-refractivity contribution in [3.63, 3.8) is 0 Å². The summed E-state index contributed by atoms with van der Waals surface area (Å²) in [6, 6.07) is 5.07. The van der Waals surface area contributed by atoms with Gasteiger partial charge in [0, 0.05) is 6.42 Å². The molecule has 0 radical (unpaired) electrons. The Kier molecular flexibility index (Phi) is 9.27. The van der Waals surface area contributed by atoms with Crippen LogP contribution < -0.4 is 56.8 Å². The molecule has 1 aromatic carbocycles. The van der Waals surface area contributed by atoms with E-state index in [0.29, 0.717) is 25.9 Å². The van der Waals surface area contributed by atoms with Gasteiger partial charge in [0.1, 0.15) is 0 Å². The van der Waals surface area contributed by atoms with Crippen molar-refractivity contribution in [1.82, 2.24) is 0 Å². The van der Waals surface area contributed by atoms with Gasteiger partial charge in [0.15, 0.2) is 0 Å². The van der Waals surface area contributed by atoms with Gasteiger partial charge >= 0.3 is 64.3 Å². The molecule has 100 valence electrons.